The van der Waals surface area contributed by atoms with Crippen molar-refractivity contribution in [3.63, 3.8) is 0 Å². The van der Waals surface area contributed by atoms with E-state index in [0.717, 1.165) is 17.7 Å². The number of benzene rings is 3. The van der Waals surface area contributed by atoms with Crippen molar-refractivity contribution in [3.8, 4) is 5.75 Å². The third-order valence-electron chi connectivity index (χ3n) is 4.87. The van der Waals surface area contributed by atoms with Gasteiger partial charge in [0.25, 0.3) is 11.8 Å². The van der Waals surface area contributed by atoms with Gasteiger partial charge >= 0.3 is 6.61 Å². The highest BCUT2D eigenvalue weighted by atomic mass is 19.3. The first-order chi connectivity index (χ1) is 14.5. The molecular weight excluding hydrogens is 390 g/mol. The van der Waals surface area contributed by atoms with Crippen LogP contribution in [0.5, 0.6) is 5.75 Å². The Kier molecular flexibility index (Phi) is 5.43. The van der Waals surface area contributed by atoms with Crippen molar-refractivity contribution in [2.75, 3.05) is 16.8 Å². The number of carbonyl (C=O) groups excluding carboxylic acids is 2. The average Bonchev–Trinajstić information content (AvgIpc) is 3.18. The molecule has 1 N–H and O–H groups in total. The van der Waals surface area contributed by atoms with E-state index in [9.17, 15) is 18.4 Å². The lowest BCUT2D eigenvalue weighted by atomic mass is 10.1. The quantitative estimate of drug-likeness (QED) is 0.663. The normalized spacial score (nSPS) is 12.6. The van der Waals surface area contributed by atoms with Crippen LogP contribution in [-0.2, 0) is 6.42 Å². The molecule has 0 unspecified atom stereocenters. The second kappa shape index (κ2) is 8.32. The maximum atomic E-state index is 12.9. The molecule has 0 atom stereocenters. The molecule has 0 spiro atoms. The summed E-state index contributed by atoms with van der Waals surface area (Å²) >= 11 is 0. The summed E-state index contributed by atoms with van der Waals surface area (Å²) in [5, 5.41) is 2.63. The minimum atomic E-state index is -3.03. The Morgan fingerprint density at radius 3 is 2.40 bits per heavy atom. The van der Waals surface area contributed by atoms with Crippen LogP contribution in [-0.4, -0.2) is 25.0 Å². The molecular formula is C23H18F2N2O3. The predicted molar refractivity (Wildman–Crippen MR) is 109 cm³/mol. The fourth-order valence-electron chi connectivity index (χ4n) is 3.45. The topological polar surface area (TPSA) is 58.6 Å². The van der Waals surface area contributed by atoms with Crippen LogP contribution in [0.15, 0.2) is 72.8 Å². The van der Waals surface area contributed by atoms with Gasteiger partial charge in [0, 0.05) is 23.5 Å². The summed E-state index contributed by atoms with van der Waals surface area (Å²) in [5.74, 6) is -0.906. The Morgan fingerprint density at radius 1 is 0.933 bits per heavy atom. The van der Waals surface area contributed by atoms with Crippen LogP contribution >= 0.6 is 0 Å². The fraction of sp³-hybridized carbons (Fsp3) is 0.130. The van der Waals surface area contributed by atoms with Gasteiger partial charge in [-0.3, -0.25) is 9.59 Å². The van der Waals surface area contributed by atoms with Crippen LogP contribution in [0, 0.1) is 0 Å². The molecule has 0 fully saturated rings. The smallest absolute Gasteiger partial charge is 0.387 e. The zero-order valence-corrected chi connectivity index (χ0v) is 15.8. The summed E-state index contributed by atoms with van der Waals surface area (Å²) in [5.41, 5.74) is 2.97. The van der Waals surface area contributed by atoms with Crippen molar-refractivity contribution in [3.05, 3.63) is 89.5 Å². The maximum absolute atomic E-state index is 12.9. The minimum Gasteiger partial charge on any atom is -0.434 e. The molecule has 0 bridgehead atoms. The molecule has 0 aromatic heterocycles. The van der Waals surface area contributed by atoms with E-state index in [1.807, 2.05) is 24.3 Å². The second-order valence-electron chi connectivity index (χ2n) is 6.74. The summed E-state index contributed by atoms with van der Waals surface area (Å²) in [4.78, 5) is 27.1. The number of anilines is 2. The molecule has 30 heavy (non-hydrogen) atoms. The van der Waals surface area contributed by atoms with Gasteiger partial charge in [-0.15, -0.1) is 0 Å². The number of carbonyl (C=O) groups is 2. The molecule has 0 saturated carbocycles. The molecule has 3 aromatic rings. The molecule has 5 nitrogen and oxygen atoms in total. The first-order valence-corrected chi connectivity index (χ1v) is 9.38. The van der Waals surface area contributed by atoms with Gasteiger partial charge in [0.05, 0.1) is 5.56 Å². The Morgan fingerprint density at radius 2 is 1.63 bits per heavy atom. The minimum absolute atomic E-state index is 0.00775. The summed E-state index contributed by atoms with van der Waals surface area (Å²) in [6, 6.07) is 20.0. The molecule has 1 aliphatic heterocycles. The number of amides is 2. The number of nitrogens with zero attached hydrogens (tertiary/aromatic N) is 1. The SMILES string of the molecule is O=C(Nc1ccc(C(=O)N2CCc3ccccc32)cc1)c1ccccc1OC(F)F. The van der Waals surface area contributed by atoms with Crippen LogP contribution < -0.4 is 15.0 Å². The summed E-state index contributed by atoms with van der Waals surface area (Å²) in [7, 11) is 0. The van der Waals surface area contributed by atoms with Gasteiger partial charge < -0.3 is 15.0 Å². The standard InChI is InChI=1S/C23H18F2N2O3/c24-23(25)30-20-8-4-2-6-18(20)21(28)26-17-11-9-16(10-12-17)22(29)27-14-13-15-5-1-3-7-19(15)27/h1-12,23H,13-14H2,(H,26,28). The lowest BCUT2D eigenvalue weighted by Crippen LogP contribution is -2.28. The van der Waals surface area contributed by atoms with E-state index in [1.165, 1.54) is 18.2 Å². The van der Waals surface area contributed by atoms with Gasteiger partial charge in [0.2, 0.25) is 0 Å². The highest BCUT2D eigenvalue weighted by Crippen LogP contribution is 2.29. The Labute approximate surface area is 171 Å². The fourth-order valence-corrected chi connectivity index (χ4v) is 3.45. The van der Waals surface area contributed by atoms with Crippen LogP contribution in [0.1, 0.15) is 26.3 Å². The highest BCUT2D eigenvalue weighted by Gasteiger charge is 2.25. The number of fused-ring (bicyclic) bond motifs is 1. The number of para-hydroxylation sites is 2. The van der Waals surface area contributed by atoms with Crippen LogP contribution in [0.3, 0.4) is 0 Å². The molecule has 0 radical (unpaired) electrons. The number of halogens is 2. The molecule has 3 aromatic carbocycles. The van der Waals surface area contributed by atoms with E-state index in [0.29, 0.717) is 17.8 Å². The van der Waals surface area contributed by atoms with Crippen molar-refractivity contribution >= 4 is 23.2 Å². The summed E-state index contributed by atoms with van der Waals surface area (Å²) in [6.07, 6.45) is 0.816. The van der Waals surface area contributed by atoms with Gasteiger partial charge in [0.15, 0.2) is 0 Å². The largest absolute Gasteiger partial charge is 0.434 e. The molecule has 1 heterocycles. The van der Waals surface area contributed by atoms with Crippen molar-refractivity contribution in [2.45, 2.75) is 13.0 Å². The molecule has 0 aliphatic carbocycles. The number of ether oxygens (including phenoxy) is 1. The molecule has 2 amide bonds. The maximum Gasteiger partial charge on any atom is 0.387 e. The zero-order chi connectivity index (χ0) is 21.1. The first-order valence-electron chi connectivity index (χ1n) is 9.38. The number of nitrogens with one attached hydrogen (secondary N) is 1. The Bertz CT molecular complexity index is 1080. The number of hydrogen-bond donors (Lipinski definition) is 1. The summed E-state index contributed by atoms with van der Waals surface area (Å²) in [6.45, 7) is -2.41. The van der Waals surface area contributed by atoms with Crippen molar-refractivity contribution in [1.82, 2.24) is 0 Å². The van der Waals surface area contributed by atoms with E-state index in [1.54, 1.807) is 35.2 Å². The monoisotopic (exact) mass is 408 g/mol. The molecule has 1 aliphatic rings. The lowest BCUT2D eigenvalue weighted by Gasteiger charge is -2.17. The molecule has 0 saturated heterocycles. The first kappa shape index (κ1) is 19.6. The number of alkyl halides is 2. The Hall–Kier alpha value is -3.74. The van der Waals surface area contributed by atoms with E-state index < -0.39 is 12.5 Å². The predicted octanol–water partition coefficient (Wildman–Crippen LogP) is 4.74. The highest BCUT2D eigenvalue weighted by molar-refractivity contribution is 6.08. The third kappa shape index (κ3) is 4.00. The van der Waals surface area contributed by atoms with Crippen LogP contribution in [0.25, 0.3) is 0 Å². The van der Waals surface area contributed by atoms with Crippen molar-refractivity contribution in [2.24, 2.45) is 0 Å². The molecule has 7 heteroatoms. The van der Waals surface area contributed by atoms with E-state index in [2.05, 4.69) is 10.1 Å². The van der Waals surface area contributed by atoms with Gasteiger partial charge in [-0.05, 0) is 54.4 Å². The molecule has 4 rings (SSSR count). The van der Waals surface area contributed by atoms with E-state index in [-0.39, 0.29) is 17.2 Å². The van der Waals surface area contributed by atoms with Crippen molar-refractivity contribution < 1.29 is 23.1 Å². The summed E-state index contributed by atoms with van der Waals surface area (Å²) < 4.78 is 29.5. The van der Waals surface area contributed by atoms with Crippen LogP contribution in [0.4, 0.5) is 20.2 Å². The van der Waals surface area contributed by atoms with E-state index >= 15 is 0 Å². The lowest BCUT2D eigenvalue weighted by molar-refractivity contribution is -0.0501. The van der Waals surface area contributed by atoms with Gasteiger partial charge in [-0.2, -0.15) is 8.78 Å². The zero-order valence-electron chi connectivity index (χ0n) is 15.8. The van der Waals surface area contributed by atoms with Crippen LogP contribution in [0.2, 0.25) is 0 Å². The Balaban J connectivity index is 1.47. The molecule has 152 valence electrons. The van der Waals surface area contributed by atoms with E-state index in [4.69, 9.17) is 0 Å². The average molecular weight is 408 g/mol. The number of rotatable bonds is 5. The van der Waals surface area contributed by atoms with Crippen molar-refractivity contribution in [1.29, 1.82) is 0 Å². The van der Waals surface area contributed by atoms with Gasteiger partial charge in [0.1, 0.15) is 5.75 Å². The number of hydrogen-bond acceptors (Lipinski definition) is 3. The second-order valence-corrected chi connectivity index (χ2v) is 6.74. The third-order valence-corrected chi connectivity index (χ3v) is 4.87. The van der Waals surface area contributed by atoms with Gasteiger partial charge in [-0.25, -0.2) is 0 Å². The van der Waals surface area contributed by atoms with Gasteiger partial charge in [-0.1, -0.05) is 30.3 Å².